The maximum Gasteiger partial charge on any atom is 0.0949 e. The number of rotatable bonds is 5. The lowest BCUT2D eigenvalue weighted by molar-refractivity contribution is -0.901. The summed E-state index contributed by atoms with van der Waals surface area (Å²) in [6.45, 7) is 8.19. The van der Waals surface area contributed by atoms with Gasteiger partial charge >= 0.3 is 0 Å². The minimum absolute atomic E-state index is 0.644. The maximum atomic E-state index is 6.32. The summed E-state index contributed by atoms with van der Waals surface area (Å²) in [5.41, 5.74) is 2.65. The Morgan fingerprint density at radius 1 is 1.00 bits per heavy atom. The molecule has 0 aromatic heterocycles. The fraction of sp³-hybridized carbons (Fsp3) is 0.400. The van der Waals surface area contributed by atoms with Crippen molar-refractivity contribution in [2.45, 2.75) is 19.3 Å². The van der Waals surface area contributed by atoms with Crippen LogP contribution in [0.15, 0.2) is 54.6 Å². The van der Waals surface area contributed by atoms with Gasteiger partial charge in [0.2, 0.25) is 0 Å². The molecule has 0 spiro atoms. The summed E-state index contributed by atoms with van der Waals surface area (Å²) in [4.78, 5) is 4.14. The Bertz CT molecular complexity index is 606. The Kier molecular flexibility index (Phi) is 5.58. The number of nitrogens with zero attached hydrogens (tertiary/aromatic N) is 1. The van der Waals surface area contributed by atoms with E-state index in [0.717, 1.165) is 18.1 Å². The van der Waals surface area contributed by atoms with Crippen molar-refractivity contribution in [1.29, 1.82) is 0 Å². The van der Waals surface area contributed by atoms with E-state index < -0.39 is 0 Å². The quantitative estimate of drug-likeness (QED) is 0.885. The predicted octanol–water partition coefficient (Wildman–Crippen LogP) is 3.24. The second-order valence-corrected chi connectivity index (χ2v) is 6.95. The summed E-state index contributed by atoms with van der Waals surface area (Å²) < 4.78 is 0. The normalized spacial score (nSPS) is 17.2. The molecule has 1 heterocycles. The summed E-state index contributed by atoms with van der Waals surface area (Å²) in [7, 11) is 0. The monoisotopic (exact) mass is 329 g/mol. The molecule has 23 heavy (non-hydrogen) atoms. The first kappa shape index (κ1) is 16.4. The molecule has 2 aromatic carbocycles. The summed E-state index contributed by atoms with van der Waals surface area (Å²) in [5, 5.41) is 0.869. The zero-order chi connectivity index (χ0) is 16.1. The molecule has 122 valence electrons. The van der Waals surface area contributed by atoms with E-state index in [1.54, 1.807) is 4.90 Å². The van der Waals surface area contributed by atoms with Crippen LogP contribution >= 0.6 is 11.6 Å². The molecule has 1 N–H and O–H groups in total. The minimum atomic E-state index is 0.644. The molecule has 0 saturated carbocycles. The van der Waals surface area contributed by atoms with Crippen molar-refractivity contribution in [2.75, 3.05) is 37.6 Å². The highest BCUT2D eigenvalue weighted by Crippen LogP contribution is 2.24. The van der Waals surface area contributed by atoms with Crippen molar-refractivity contribution in [3.63, 3.8) is 0 Å². The van der Waals surface area contributed by atoms with Gasteiger partial charge in [0.1, 0.15) is 0 Å². The zero-order valence-electron chi connectivity index (χ0n) is 13.8. The SMILES string of the molecule is C[C@@H](CC[NH+]1CCN(c2ccccc2Cl)CC1)c1ccccc1. The molecule has 1 saturated heterocycles. The van der Waals surface area contributed by atoms with Crippen LogP contribution in [0.5, 0.6) is 0 Å². The van der Waals surface area contributed by atoms with Gasteiger partial charge in [-0.2, -0.15) is 0 Å². The molecule has 0 amide bonds. The van der Waals surface area contributed by atoms with E-state index >= 15 is 0 Å². The van der Waals surface area contributed by atoms with E-state index in [-0.39, 0.29) is 0 Å². The molecule has 1 fully saturated rings. The second-order valence-electron chi connectivity index (χ2n) is 6.54. The molecule has 2 nitrogen and oxygen atoms in total. The third kappa shape index (κ3) is 4.27. The fourth-order valence-corrected chi connectivity index (χ4v) is 3.65. The summed E-state index contributed by atoms with van der Waals surface area (Å²) in [6.07, 6.45) is 1.26. The third-order valence-electron chi connectivity index (χ3n) is 4.96. The number of benzene rings is 2. The molecule has 0 aliphatic carbocycles. The Morgan fingerprint density at radius 2 is 1.65 bits per heavy atom. The number of halogens is 1. The first-order valence-corrected chi connectivity index (χ1v) is 9.00. The van der Waals surface area contributed by atoms with E-state index in [4.69, 9.17) is 11.6 Å². The Labute approximate surface area is 144 Å². The van der Waals surface area contributed by atoms with Crippen molar-refractivity contribution < 1.29 is 4.90 Å². The van der Waals surface area contributed by atoms with Gasteiger partial charge in [-0.3, -0.25) is 0 Å². The highest BCUT2D eigenvalue weighted by atomic mass is 35.5. The number of anilines is 1. The highest BCUT2D eigenvalue weighted by molar-refractivity contribution is 6.33. The minimum Gasteiger partial charge on any atom is -0.359 e. The van der Waals surface area contributed by atoms with E-state index in [9.17, 15) is 0 Å². The van der Waals surface area contributed by atoms with E-state index in [0.29, 0.717) is 5.92 Å². The van der Waals surface area contributed by atoms with Crippen LogP contribution in [0.3, 0.4) is 0 Å². The Balaban J connectivity index is 1.47. The Hall–Kier alpha value is -1.51. The molecule has 0 unspecified atom stereocenters. The molecule has 2 aromatic rings. The van der Waals surface area contributed by atoms with Crippen LogP contribution in [-0.4, -0.2) is 32.7 Å². The van der Waals surface area contributed by atoms with Gasteiger partial charge in [0.15, 0.2) is 0 Å². The number of hydrogen-bond donors (Lipinski definition) is 1. The molecular weight excluding hydrogens is 304 g/mol. The first-order chi connectivity index (χ1) is 11.2. The molecule has 0 bridgehead atoms. The topological polar surface area (TPSA) is 7.68 Å². The van der Waals surface area contributed by atoms with Crippen molar-refractivity contribution in [2.24, 2.45) is 0 Å². The van der Waals surface area contributed by atoms with Crippen LogP contribution in [-0.2, 0) is 0 Å². The summed E-state index contributed by atoms with van der Waals surface area (Å²) in [5.74, 6) is 0.644. The van der Waals surface area contributed by atoms with Crippen LogP contribution in [0.25, 0.3) is 0 Å². The molecule has 0 radical (unpaired) electrons. The van der Waals surface area contributed by atoms with Crippen LogP contribution in [0, 0.1) is 0 Å². The second kappa shape index (κ2) is 7.85. The largest absolute Gasteiger partial charge is 0.359 e. The standard InChI is InChI=1S/C20H25ClN2/c1-17(18-7-3-2-4-8-18)11-12-22-13-15-23(16-14-22)20-10-6-5-9-19(20)21/h2-10,17H,11-16H2,1H3/p+1/t17-/m0/s1. The van der Waals surface area contributed by atoms with Gasteiger partial charge in [0.25, 0.3) is 0 Å². The van der Waals surface area contributed by atoms with Gasteiger partial charge < -0.3 is 9.80 Å². The molecular formula is C20H26ClN2+. The van der Waals surface area contributed by atoms with Gasteiger partial charge in [0, 0.05) is 6.42 Å². The molecule has 1 atom stereocenters. The lowest BCUT2D eigenvalue weighted by Crippen LogP contribution is -3.14. The van der Waals surface area contributed by atoms with Crippen LogP contribution < -0.4 is 9.80 Å². The first-order valence-electron chi connectivity index (χ1n) is 8.62. The lowest BCUT2D eigenvalue weighted by atomic mass is 9.97. The number of hydrogen-bond acceptors (Lipinski definition) is 1. The van der Waals surface area contributed by atoms with Gasteiger partial charge in [-0.05, 0) is 23.6 Å². The molecule has 3 heteroatoms. The maximum absolute atomic E-state index is 6.32. The van der Waals surface area contributed by atoms with Gasteiger partial charge in [-0.1, -0.05) is 61.0 Å². The Morgan fingerprint density at radius 3 is 2.35 bits per heavy atom. The van der Waals surface area contributed by atoms with Crippen molar-refractivity contribution >= 4 is 17.3 Å². The molecule has 1 aliphatic rings. The van der Waals surface area contributed by atoms with E-state index in [2.05, 4.69) is 54.3 Å². The average molecular weight is 330 g/mol. The van der Waals surface area contributed by atoms with Gasteiger partial charge in [0.05, 0.1) is 43.4 Å². The smallest absolute Gasteiger partial charge is 0.0949 e. The van der Waals surface area contributed by atoms with Crippen LogP contribution in [0.4, 0.5) is 5.69 Å². The average Bonchev–Trinajstić information content (AvgIpc) is 2.61. The van der Waals surface area contributed by atoms with Crippen molar-refractivity contribution in [1.82, 2.24) is 0 Å². The van der Waals surface area contributed by atoms with Crippen LogP contribution in [0.2, 0.25) is 5.02 Å². The van der Waals surface area contributed by atoms with E-state index in [1.807, 2.05) is 12.1 Å². The fourth-order valence-electron chi connectivity index (χ4n) is 3.39. The van der Waals surface area contributed by atoms with Crippen molar-refractivity contribution in [3.8, 4) is 0 Å². The van der Waals surface area contributed by atoms with Gasteiger partial charge in [-0.25, -0.2) is 0 Å². The number of para-hydroxylation sites is 1. The van der Waals surface area contributed by atoms with Gasteiger partial charge in [-0.15, -0.1) is 0 Å². The zero-order valence-corrected chi connectivity index (χ0v) is 14.6. The lowest BCUT2D eigenvalue weighted by Gasteiger charge is -2.34. The summed E-state index contributed by atoms with van der Waals surface area (Å²) >= 11 is 6.32. The van der Waals surface area contributed by atoms with E-state index in [1.165, 1.54) is 37.3 Å². The molecule has 1 aliphatic heterocycles. The third-order valence-corrected chi connectivity index (χ3v) is 5.28. The number of piperazine rings is 1. The van der Waals surface area contributed by atoms with Crippen LogP contribution in [0.1, 0.15) is 24.8 Å². The highest BCUT2D eigenvalue weighted by Gasteiger charge is 2.21. The molecule has 3 rings (SSSR count). The summed E-state index contributed by atoms with van der Waals surface area (Å²) in [6, 6.07) is 19.0. The van der Waals surface area contributed by atoms with Crippen molar-refractivity contribution in [3.05, 3.63) is 65.2 Å². The number of quaternary nitrogens is 1. The number of nitrogens with one attached hydrogen (secondary N) is 1. The predicted molar refractivity (Wildman–Crippen MR) is 98.7 cm³/mol.